The van der Waals surface area contributed by atoms with Gasteiger partial charge in [-0.15, -0.1) is 0 Å². The molecule has 0 fully saturated rings. The number of nitrogens with one attached hydrogen (secondary N) is 1. The first-order valence-corrected chi connectivity index (χ1v) is 7.94. The molecular weight excluding hydrogens is 248 g/mol. The van der Waals surface area contributed by atoms with Crippen molar-refractivity contribution in [3.8, 4) is 5.75 Å². The first kappa shape index (κ1) is 17.0. The van der Waals surface area contributed by atoms with Crippen LogP contribution in [0.3, 0.4) is 0 Å². The molecule has 0 bridgehead atoms. The highest BCUT2D eigenvalue weighted by atomic mass is 16.5. The molecule has 0 amide bonds. The Morgan fingerprint density at radius 3 is 2.45 bits per heavy atom. The van der Waals surface area contributed by atoms with Gasteiger partial charge in [-0.1, -0.05) is 32.9 Å². The number of benzene rings is 1. The van der Waals surface area contributed by atoms with Gasteiger partial charge >= 0.3 is 0 Å². The van der Waals surface area contributed by atoms with Gasteiger partial charge in [0.1, 0.15) is 12.4 Å². The van der Waals surface area contributed by atoms with Crippen molar-refractivity contribution in [1.29, 1.82) is 0 Å². The maximum atomic E-state index is 5.88. The molecule has 3 heteroatoms. The second kappa shape index (κ2) is 10.7. The van der Waals surface area contributed by atoms with Crippen molar-refractivity contribution >= 4 is 0 Å². The van der Waals surface area contributed by atoms with Crippen LogP contribution in [-0.4, -0.2) is 37.7 Å². The Kier molecular flexibility index (Phi) is 9.09. The molecule has 20 heavy (non-hydrogen) atoms. The predicted molar refractivity (Wildman–Crippen MR) is 86.3 cm³/mol. The van der Waals surface area contributed by atoms with Crippen molar-refractivity contribution in [1.82, 2.24) is 10.2 Å². The number of rotatable bonds is 11. The predicted octanol–water partition coefficient (Wildman–Crippen LogP) is 3.30. The van der Waals surface area contributed by atoms with E-state index in [1.807, 2.05) is 6.07 Å². The molecule has 3 nitrogen and oxygen atoms in total. The van der Waals surface area contributed by atoms with Crippen molar-refractivity contribution in [3.05, 3.63) is 29.8 Å². The molecule has 1 rings (SSSR count). The van der Waals surface area contributed by atoms with Gasteiger partial charge in [-0.3, -0.25) is 4.90 Å². The minimum atomic E-state index is 0.769. The zero-order chi connectivity index (χ0) is 14.6. The summed E-state index contributed by atoms with van der Waals surface area (Å²) >= 11 is 0. The topological polar surface area (TPSA) is 24.5 Å². The zero-order valence-corrected chi connectivity index (χ0v) is 13.3. The molecule has 1 aromatic carbocycles. The van der Waals surface area contributed by atoms with E-state index in [9.17, 15) is 0 Å². The average molecular weight is 278 g/mol. The van der Waals surface area contributed by atoms with E-state index in [4.69, 9.17) is 4.74 Å². The Labute approximate surface area is 124 Å². The van der Waals surface area contributed by atoms with E-state index in [-0.39, 0.29) is 0 Å². The standard InChI is InChI=1S/C17H30N2O/c1-4-10-19(11-5-2)12-13-20-17-9-7-8-16(14-17)15-18-6-3/h7-9,14,18H,4-6,10-13,15H2,1-3H3. The Morgan fingerprint density at radius 1 is 1.05 bits per heavy atom. The van der Waals surface area contributed by atoms with Crippen molar-refractivity contribution in [2.24, 2.45) is 0 Å². The van der Waals surface area contributed by atoms with Gasteiger partial charge in [-0.05, 0) is 50.2 Å². The summed E-state index contributed by atoms with van der Waals surface area (Å²) in [5.41, 5.74) is 1.28. The molecule has 0 radical (unpaired) electrons. The smallest absolute Gasteiger partial charge is 0.119 e. The summed E-state index contributed by atoms with van der Waals surface area (Å²) in [4.78, 5) is 2.47. The van der Waals surface area contributed by atoms with Crippen LogP contribution < -0.4 is 10.1 Å². The summed E-state index contributed by atoms with van der Waals surface area (Å²) < 4.78 is 5.88. The van der Waals surface area contributed by atoms with Crippen LogP contribution in [0.1, 0.15) is 39.2 Å². The van der Waals surface area contributed by atoms with Crippen LogP contribution in [0, 0.1) is 0 Å². The number of nitrogens with zero attached hydrogens (tertiary/aromatic N) is 1. The van der Waals surface area contributed by atoms with Crippen LogP contribution in [0.5, 0.6) is 5.75 Å². The summed E-state index contributed by atoms with van der Waals surface area (Å²) in [7, 11) is 0. The molecule has 0 aromatic heterocycles. The lowest BCUT2D eigenvalue weighted by atomic mass is 10.2. The van der Waals surface area contributed by atoms with Crippen molar-refractivity contribution in [3.63, 3.8) is 0 Å². The van der Waals surface area contributed by atoms with E-state index in [1.54, 1.807) is 0 Å². The van der Waals surface area contributed by atoms with E-state index in [1.165, 1.54) is 18.4 Å². The van der Waals surface area contributed by atoms with Gasteiger partial charge in [-0.2, -0.15) is 0 Å². The Balaban J connectivity index is 2.36. The van der Waals surface area contributed by atoms with Crippen LogP contribution in [0.2, 0.25) is 0 Å². The zero-order valence-electron chi connectivity index (χ0n) is 13.3. The van der Waals surface area contributed by atoms with Crippen LogP contribution in [0.15, 0.2) is 24.3 Å². The molecule has 0 unspecified atom stereocenters. The normalized spacial score (nSPS) is 11.0. The van der Waals surface area contributed by atoms with Gasteiger partial charge in [0.2, 0.25) is 0 Å². The van der Waals surface area contributed by atoms with Gasteiger partial charge in [0.15, 0.2) is 0 Å². The Bertz CT molecular complexity index is 349. The van der Waals surface area contributed by atoms with E-state index in [2.05, 4.69) is 49.2 Å². The minimum absolute atomic E-state index is 0.769. The third-order valence-electron chi connectivity index (χ3n) is 3.23. The molecule has 0 aliphatic carbocycles. The first-order valence-electron chi connectivity index (χ1n) is 7.94. The molecule has 0 atom stereocenters. The number of hydrogen-bond acceptors (Lipinski definition) is 3. The first-order chi connectivity index (χ1) is 9.80. The lowest BCUT2D eigenvalue weighted by Gasteiger charge is -2.21. The van der Waals surface area contributed by atoms with Crippen LogP contribution in [-0.2, 0) is 6.54 Å². The maximum absolute atomic E-state index is 5.88. The van der Waals surface area contributed by atoms with Gasteiger partial charge in [-0.25, -0.2) is 0 Å². The van der Waals surface area contributed by atoms with Crippen molar-refractivity contribution in [2.75, 3.05) is 32.8 Å². The molecule has 1 aromatic rings. The monoisotopic (exact) mass is 278 g/mol. The molecule has 0 heterocycles. The van der Waals surface area contributed by atoms with Crippen LogP contribution in [0.4, 0.5) is 0 Å². The minimum Gasteiger partial charge on any atom is -0.492 e. The highest BCUT2D eigenvalue weighted by molar-refractivity contribution is 5.28. The summed E-state index contributed by atoms with van der Waals surface area (Å²) in [5.74, 6) is 0.980. The molecule has 0 aliphatic heterocycles. The van der Waals surface area contributed by atoms with E-state index >= 15 is 0 Å². The second-order valence-corrected chi connectivity index (χ2v) is 5.12. The molecule has 114 valence electrons. The molecule has 0 saturated heterocycles. The molecule has 1 N–H and O–H groups in total. The quantitative estimate of drug-likeness (QED) is 0.672. The van der Waals surface area contributed by atoms with Gasteiger partial charge in [0.05, 0.1) is 0 Å². The number of ether oxygens (including phenoxy) is 1. The maximum Gasteiger partial charge on any atom is 0.119 e. The molecular formula is C17H30N2O. The fraction of sp³-hybridized carbons (Fsp3) is 0.647. The second-order valence-electron chi connectivity index (χ2n) is 5.12. The SMILES string of the molecule is CCCN(CCC)CCOc1cccc(CNCC)c1. The van der Waals surface area contributed by atoms with Crippen molar-refractivity contribution in [2.45, 2.75) is 40.2 Å². The lowest BCUT2D eigenvalue weighted by Crippen LogP contribution is -2.30. The Hall–Kier alpha value is -1.06. The molecule has 0 spiro atoms. The van der Waals surface area contributed by atoms with E-state index in [0.717, 1.165) is 45.1 Å². The number of hydrogen-bond donors (Lipinski definition) is 1. The molecule has 0 aliphatic rings. The average Bonchev–Trinajstić information content (AvgIpc) is 2.46. The summed E-state index contributed by atoms with van der Waals surface area (Å²) in [5, 5.41) is 3.34. The largest absolute Gasteiger partial charge is 0.492 e. The fourth-order valence-corrected chi connectivity index (χ4v) is 2.28. The summed E-state index contributed by atoms with van der Waals surface area (Å²) in [6.07, 6.45) is 2.41. The highest BCUT2D eigenvalue weighted by Crippen LogP contribution is 2.13. The van der Waals surface area contributed by atoms with Crippen molar-refractivity contribution < 1.29 is 4.74 Å². The van der Waals surface area contributed by atoms with Crippen LogP contribution >= 0.6 is 0 Å². The summed E-state index contributed by atoms with van der Waals surface area (Å²) in [6.45, 7) is 12.6. The van der Waals surface area contributed by atoms with Gasteiger partial charge < -0.3 is 10.1 Å². The fourth-order valence-electron chi connectivity index (χ4n) is 2.28. The van der Waals surface area contributed by atoms with Gasteiger partial charge in [0.25, 0.3) is 0 Å². The Morgan fingerprint density at radius 2 is 1.80 bits per heavy atom. The summed E-state index contributed by atoms with van der Waals surface area (Å²) in [6, 6.07) is 8.37. The van der Waals surface area contributed by atoms with E-state index < -0.39 is 0 Å². The van der Waals surface area contributed by atoms with Gasteiger partial charge in [0, 0.05) is 13.1 Å². The van der Waals surface area contributed by atoms with E-state index in [0.29, 0.717) is 0 Å². The third-order valence-corrected chi connectivity index (χ3v) is 3.23. The highest BCUT2D eigenvalue weighted by Gasteiger charge is 2.03. The van der Waals surface area contributed by atoms with Crippen LogP contribution in [0.25, 0.3) is 0 Å². The third kappa shape index (κ3) is 6.92. The lowest BCUT2D eigenvalue weighted by molar-refractivity contribution is 0.209. The molecule has 0 saturated carbocycles.